The molecule has 1 aliphatic rings. The van der Waals surface area contributed by atoms with Gasteiger partial charge in [0.1, 0.15) is 0 Å². The van der Waals surface area contributed by atoms with Crippen LogP contribution < -0.4 is 0 Å². The minimum Gasteiger partial charge on any atom is -0.224 e. The van der Waals surface area contributed by atoms with Crippen LogP contribution in [0.5, 0.6) is 0 Å². The Morgan fingerprint density at radius 3 is 2.37 bits per heavy atom. The summed E-state index contributed by atoms with van der Waals surface area (Å²) in [7, 11) is -3.17. The first kappa shape index (κ1) is 15.3. The largest absolute Gasteiger partial charge is 0.224 e. The average molecular weight is 317 g/mol. The zero-order valence-electron chi connectivity index (χ0n) is 11.3. The van der Waals surface area contributed by atoms with Crippen molar-refractivity contribution in [2.45, 2.75) is 29.2 Å². The van der Waals surface area contributed by atoms with E-state index in [0.29, 0.717) is 4.90 Å². The second-order valence-corrected chi connectivity index (χ2v) is 10.4. The molecule has 1 aliphatic heterocycles. The van der Waals surface area contributed by atoms with Crippen LogP contribution in [-0.2, 0) is 9.84 Å². The van der Waals surface area contributed by atoms with Crippen LogP contribution in [0, 0.1) is 5.92 Å². The van der Waals surface area contributed by atoms with E-state index in [1.54, 1.807) is 24.3 Å². The van der Waals surface area contributed by atoms with Gasteiger partial charge in [0, 0.05) is 0 Å². The normalized spacial score (nSPS) is 20.9. The van der Waals surface area contributed by atoms with Gasteiger partial charge in [-0.3, -0.25) is 0 Å². The van der Waals surface area contributed by atoms with Gasteiger partial charge in [0.2, 0.25) is 0 Å². The molecular formula is C14H20O2S3. The summed E-state index contributed by atoms with van der Waals surface area (Å²) in [6.45, 7) is 4.25. The van der Waals surface area contributed by atoms with Gasteiger partial charge in [-0.1, -0.05) is 25.1 Å². The molecule has 0 N–H and O–H groups in total. The highest BCUT2D eigenvalue weighted by Gasteiger charge is 2.37. The number of benzene rings is 1. The Hall–Kier alpha value is -0.130. The SMILES string of the molecule is C[C@@H](CS(=O)(=O)c1ccccc1)C1(C)SCCCS1. The van der Waals surface area contributed by atoms with Crippen molar-refractivity contribution in [3.63, 3.8) is 0 Å². The van der Waals surface area contributed by atoms with Crippen LogP contribution in [0.4, 0.5) is 0 Å². The van der Waals surface area contributed by atoms with E-state index in [-0.39, 0.29) is 15.7 Å². The van der Waals surface area contributed by atoms with Crippen LogP contribution in [0.25, 0.3) is 0 Å². The molecule has 0 spiro atoms. The quantitative estimate of drug-likeness (QED) is 0.848. The summed E-state index contributed by atoms with van der Waals surface area (Å²) in [6.07, 6.45) is 1.23. The van der Waals surface area contributed by atoms with E-state index in [4.69, 9.17) is 0 Å². The Morgan fingerprint density at radius 2 is 1.79 bits per heavy atom. The molecule has 0 amide bonds. The Labute approximate surface area is 124 Å². The maximum Gasteiger partial charge on any atom is 0.178 e. The van der Waals surface area contributed by atoms with Gasteiger partial charge < -0.3 is 0 Å². The molecule has 0 radical (unpaired) electrons. The van der Waals surface area contributed by atoms with Crippen molar-refractivity contribution in [3.8, 4) is 0 Å². The molecule has 1 aromatic rings. The Kier molecular flexibility index (Phi) is 4.90. The minimum absolute atomic E-state index is 0.0279. The van der Waals surface area contributed by atoms with Crippen molar-refractivity contribution in [3.05, 3.63) is 30.3 Å². The van der Waals surface area contributed by atoms with Crippen molar-refractivity contribution in [2.75, 3.05) is 17.3 Å². The molecule has 2 rings (SSSR count). The number of thioether (sulfide) groups is 2. The number of hydrogen-bond donors (Lipinski definition) is 0. The van der Waals surface area contributed by atoms with E-state index in [2.05, 4.69) is 13.8 Å². The molecule has 19 heavy (non-hydrogen) atoms. The fourth-order valence-electron chi connectivity index (χ4n) is 2.14. The molecule has 0 unspecified atom stereocenters. The summed E-state index contributed by atoms with van der Waals surface area (Å²) in [5.74, 6) is 2.65. The summed E-state index contributed by atoms with van der Waals surface area (Å²) in [6, 6.07) is 8.78. The lowest BCUT2D eigenvalue weighted by Crippen LogP contribution is -2.33. The third-order valence-corrected chi connectivity index (χ3v) is 9.11. The highest BCUT2D eigenvalue weighted by molar-refractivity contribution is 8.18. The van der Waals surface area contributed by atoms with Gasteiger partial charge in [-0.15, -0.1) is 23.5 Å². The predicted molar refractivity (Wildman–Crippen MR) is 85.6 cm³/mol. The lowest BCUT2D eigenvalue weighted by atomic mass is 10.1. The van der Waals surface area contributed by atoms with Crippen LogP contribution in [-0.4, -0.2) is 29.8 Å². The maximum absolute atomic E-state index is 12.4. The lowest BCUT2D eigenvalue weighted by Gasteiger charge is -2.37. The molecule has 1 atom stereocenters. The molecule has 1 fully saturated rings. The smallest absolute Gasteiger partial charge is 0.178 e. The van der Waals surface area contributed by atoms with Crippen molar-refractivity contribution in [1.29, 1.82) is 0 Å². The highest BCUT2D eigenvalue weighted by atomic mass is 32.2. The van der Waals surface area contributed by atoms with Gasteiger partial charge in [0.15, 0.2) is 9.84 Å². The van der Waals surface area contributed by atoms with Crippen LogP contribution in [0.3, 0.4) is 0 Å². The molecule has 106 valence electrons. The maximum atomic E-state index is 12.4. The van der Waals surface area contributed by atoms with E-state index in [0.717, 1.165) is 11.5 Å². The Balaban J connectivity index is 2.12. The molecule has 2 nitrogen and oxygen atoms in total. The van der Waals surface area contributed by atoms with E-state index < -0.39 is 9.84 Å². The lowest BCUT2D eigenvalue weighted by molar-refractivity contribution is 0.555. The molecule has 1 saturated heterocycles. The fraction of sp³-hybridized carbons (Fsp3) is 0.571. The van der Waals surface area contributed by atoms with E-state index in [9.17, 15) is 8.42 Å². The highest BCUT2D eigenvalue weighted by Crippen LogP contribution is 2.47. The second-order valence-electron chi connectivity index (χ2n) is 5.06. The summed E-state index contributed by atoms with van der Waals surface area (Å²) < 4.78 is 24.8. The minimum atomic E-state index is -3.17. The summed E-state index contributed by atoms with van der Waals surface area (Å²) in [5.41, 5.74) is 0. The van der Waals surface area contributed by atoms with Gasteiger partial charge in [-0.05, 0) is 42.9 Å². The molecule has 1 heterocycles. The van der Waals surface area contributed by atoms with Gasteiger partial charge in [-0.25, -0.2) is 8.42 Å². The predicted octanol–water partition coefficient (Wildman–Crippen LogP) is 3.68. The van der Waals surface area contributed by atoms with Crippen molar-refractivity contribution in [1.82, 2.24) is 0 Å². The Morgan fingerprint density at radius 1 is 1.21 bits per heavy atom. The summed E-state index contributed by atoms with van der Waals surface area (Å²) in [4.78, 5) is 0.441. The van der Waals surface area contributed by atoms with Gasteiger partial charge in [0.25, 0.3) is 0 Å². The number of rotatable bonds is 4. The third-order valence-electron chi connectivity index (χ3n) is 3.53. The second kappa shape index (κ2) is 6.10. The fourth-order valence-corrected chi connectivity index (χ4v) is 7.25. The van der Waals surface area contributed by atoms with Gasteiger partial charge in [-0.2, -0.15) is 0 Å². The van der Waals surface area contributed by atoms with Crippen molar-refractivity contribution >= 4 is 33.4 Å². The molecule has 0 aromatic heterocycles. The summed E-state index contributed by atoms with van der Waals surface area (Å²) >= 11 is 3.82. The van der Waals surface area contributed by atoms with E-state index >= 15 is 0 Å². The van der Waals surface area contributed by atoms with Crippen LogP contribution in [0.15, 0.2) is 35.2 Å². The molecule has 0 bridgehead atoms. The molecule has 5 heteroatoms. The zero-order chi connectivity index (χ0) is 13.9. The molecule has 0 aliphatic carbocycles. The molecule has 0 saturated carbocycles. The number of sulfone groups is 1. The average Bonchev–Trinajstić information content (AvgIpc) is 2.40. The van der Waals surface area contributed by atoms with Gasteiger partial charge in [0.05, 0.1) is 14.7 Å². The first-order chi connectivity index (χ1) is 8.94. The van der Waals surface area contributed by atoms with E-state index in [1.165, 1.54) is 6.42 Å². The topological polar surface area (TPSA) is 34.1 Å². The zero-order valence-corrected chi connectivity index (χ0v) is 13.8. The van der Waals surface area contributed by atoms with Crippen molar-refractivity contribution in [2.24, 2.45) is 5.92 Å². The van der Waals surface area contributed by atoms with Crippen LogP contribution in [0.2, 0.25) is 0 Å². The monoisotopic (exact) mass is 316 g/mol. The van der Waals surface area contributed by atoms with Crippen LogP contribution >= 0.6 is 23.5 Å². The third kappa shape index (κ3) is 3.70. The van der Waals surface area contributed by atoms with Gasteiger partial charge >= 0.3 is 0 Å². The first-order valence-corrected chi connectivity index (χ1v) is 10.1. The number of hydrogen-bond acceptors (Lipinski definition) is 4. The first-order valence-electron chi connectivity index (χ1n) is 6.50. The standard InChI is InChI=1S/C14H20O2S3/c1-12(14(2)17-9-6-10-18-14)11-19(15,16)13-7-4-3-5-8-13/h3-5,7-8,12H,6,9-11H2,1-2H3/t12-/m0/s1. The van der Waals surface area contributed by atoms with Crippen LogP contribution in [0.1, 0.15) is 20.3 Å². The Bertz CT molecular complexity index is 505. The molecular weight excluding hydrogens is 296 g/mol. The molecule has 1 aromatic carbocycles. The summed E-state index contributed by atoms with van der Waals surface area (Å²) in [5, 5.41) is 0. The van der Waals surface area contributed by atoms with Crippen molar-refractivity contribution < 1.29 is 8.42 Å². The van der Waals surface area contributed by atoms with E-state index in [1.807, 2.05) is 29.6 Å².